The van der Waals surface area contributed by atoms with Gasteiger partial charge in [0.05, 0.1) is 11.0 Å². The average Bonchev–Trinajstić information content (AvgIpc) is 3.08. The van der Waals surface area contributed by atoms with E-state index in [1.807, 2.05) is 22.8 Å². The Balaban J connectivity index is 2.33. The summed E-state index contributed by atoms with van der Waals surface area (Å²) in [6.07, 6.45) is 2.05. The van der Waals surface area contributed by atoms with Crippen molar-refractivity contribution in [3.05, 3.63) is 29.6 Å². The molecular weight excluding hydrogens is 218 g/mol. The van der Waals surface area contributed by atoms with Crippen LogP contribution < -0.4 is 5.73 Å². The normalized spacial score (nSPS) is 15.4. The summed E-state index contributed by atoms with van der Waals surface area (Å²) in [5.41, 5.74) is 8.14. The summed E-state index contributed by atoms with van der Waals surface area (Å²) in [5.74, 6) is -0.848. The molecule has 0 aliphatic heterocycles. The van der Waals surface area contributed by atoms with Crippen molar-refractivity contribution >= 4 is 17.0 Å². The molecule has 0 atom stereocenters. The minimum atomic E-state index is -0.976. The number of carboxylic acids is 1. The predicted molar refractivity (Wildman–Crippen MR) is 62.9 cm³/mol. The Morgan fingerprint density at radius 3 is 2.88 bits per heavy atom. The van der Waals surface area contributed by atoms with Crippen LogP contribution in [0.25, 0.3) is 11.0 Å². The summed E-state index contributed by atoms with van der Waals surface area (Å²) in [6, 6.07) is 5.99. The minimum Gasteiger partial charge on any atom is -0.475 e. The van der Waals surface area contributed by atoms with Crippen molar-refractivity contribution in [2.24, 2.45) is 5.73 Å². The van der Waals surface area contributed by atoms with Crippen LogP contribution in [-0.4, -0.2) is 20.6 Å². The lowest BCUT2D eigenvalue weighted by molar-refractivity contribution is 0.0678. The van der Waals surface area contributed by atoms with Gasteiger partial charge in [0, 0.05) is 12.6 Å². The number of aromatic nitrogens is 2. The van der Waals surface area contributed by atoms with Gasteiger partial charge in [-0.3, -0.25) is 0 Å². The van der Waals surface area contributed by atoms with E-state index in [4.69, 9.17) is 5.73 Å². The fourth-order valence-electron chi connectivity index (χ4n) is 2.19. The lowest BCUT2D eigenvalue weighted by atomic mass is 10.2. The second kappa shape index (κ2) is 3.56. The number of hydrogen-bond donors (Lipinski definition) is 2. The van der Waals surface area contributed by atoms with Gasteiger partial charge in [-0.1, -0.05) is 12.1 Å². The quantitative estimate of drug-likeness (QED) is 0.839. The van der Waals surface area contributed by atoms with E-state index in [1.54, 1.807) is 0 Å². The van der Waals surface area contributed by atoms with Crippen molar-refractivity contribution in [3.63, 3.8) is 0 Å². The highest BCUT2D eigenvalue weighted by atomic mass is 16.4. The maximum Gasteiger partial charge on any atom is 0.372 e. The van der Waals surface area contributed by atoms with E-state index < -0.39 is 5.97 Å². The highest BCUT2D eigenvalue weighted by molar-refractivity contribution is 5.91. The molecule has 1 aromatic carbocycles. The van der Waals surface area contributed by atoms with E-state index in [0.29, 0.717) is 12.6 Å². The molecule has 3 N–H and O–H groups in total. The third kappa shape index (κ3) is 1.51. The van der Waals surface area contributed by atoms with Gasteiger partial charge in [0.1, 0.15) is 0 Å². The van der Waals surface area contributed by atoms with Crippen molar-refractivity contribution in [1.82, 2.24) is 9.55 Å². The van der Waals surface area contributed by atoms with E-state index in [-0.39, 0.29) is 5.82 Å². The van der Waals surface area contributed by atoms with Gasteiger partial charge in [0.25, 0.3) is 0 Å². The minimum absolute atomic E-state index is 0.128. The molecule has 88 valence electrons. The van der Waals surface area contributed by atoms with Crippen LogP contribution in [0.1, 0.15) is 35.1 Å². The van der Waals surface area contributed by atoms with Crippen LogP contribution in [0, 0.1) is 0 Å². The molecule has 1 aliphatic carbocycles. The number of carbonyl (C=O) groups is 1. The first-order chi connectivity index (χ1) is 8.22. The summed E-state index contributed by atoms with van der Waals surface area (Å²) in [4.78, 5) is 15.4. The largest absolute Gasteiger partial charge is 0.475 e. The fourth-order valence-corrected chi connectivity index (χ4v) is 2.19. The molecule has 0 saturated heterocycles. The predicted octanol–water partition coefficient (Wildman–Crippen LogP) is 1.53. The molecule has 17 heavy (non-hydrogen) atoms. The number of para-hydroxylation sites is 1. The second-order valence-corrected chi connectivity index (χ2v) is 4.33. The van der Waals surface area contributed by atoms with Crippen LogP contribution >= 0.6 is 0 Å². The molecule has 1 saturated carbocycles. The van der Waals surface area contributed by atoms with E-state index in [1.165, 1.54) is 0 Å². The Morgan fingerprint density at radius 2 is 2.29 bits per heavy atom. The third-order valence-electron chi connectivity index (χ3n) is 3.13. The van der Waals surface area contributed by atoms with Gasteiger partial charge in [-0.05, 0) is 24.5 Å². The van der Waals surface area contributed by atoms with Crippen molar-refractivity contribution in [2.75, 3.05) is 0 Å². The average molecular weight is 231 g/mol. The maximum atomic E-state index is 11.2. The number of nitrogens with zero attached hydrogens (tertiary/aromatic N) is 2. The first kappa shape index (κ1) is 10.3. The Morgan fingerprint density at radius 1 is 1.53 bits per heavy atom. The molecule has 5 heteroatoms. The molecular formula is C12H13N3O2. The number of nitrogens with two attached hydrogens (primary N) is 1. The summed E-state index contributed by atoms with van der Waals surface area (Å²) in [5, 5.41) is 9.19. The van der Waals surface area contributed by atoms with Crippen LogP contribution in [0.3, 0.4) is 0 Å². The molecule has 3 rings (SSSR count). The van der Waals surface area contributed by atoms with Crippen LogP contribution in [0.15, 0.2) is 18.2 Å². The van der Waals surface area contributed by atoms with Gasteiger partial charge < -0.3 is 15.4 Å². The Labute approximate surface area is 97.9 Å². The molecule has 5 nitrogen and oxygen atoms in total. The smallest absolute Gasteiger partial charge is 0.372 e. The molecule has 1 fully saturated rings. The molecule has 0 bridgehead atoms. The van der Waals surface area contributed by atoms with Gasteiger partial charge in [-0.25, -0.2) is 9.78 Å². The Kier molecular flexibility index (Phi) is 2.16. The number of benzene rings is 1. The molecule has 2 aromatic rings. The zero-order valence-electron chi connectivity index (χ0n) is 9.26. The number of aromatic carboxylic acids is 1. The third-order valence-corrected chi connectivity index (χ3v) is 3.13. The lowest BCUT2D eigenvalue weighted by Gasteiger charge is -2.04. The topological polar surface area (TPSA) is 81.1 Å². The first-order valence-corrected chi connectivity index (χ1v) is 5.65. The van der Waals surface area contributed by atoms with Gasteiger partial charge in [-0.15, -0.1) is 0 Å². The zero-order chi connectivity index (χ0) is 12.0. The van der Waals surface area contributed by atoms with E-state index in [2.05, 4.69) is 4.98 Å². The zero-order valence-corrected chi connectivity index (χ0v) is 9.26. The molecule has 1 heterocycles. The summed E-state index contributed by atoms with van der Waals surface area (Å²) in [7, 11) is 0. The van der Waals surface area contributed by atoms with Gasteiger partial charge in [0.15, 0.2) is 0 Å². The highest BCUT2D eigenvalue weighted by Gasteiger charge is 2.30. The molecule has 0 amide bonds. The fraction of sp³-hybridized carbons (Fsp3) is 0.333. The lowest BCUT2D eigenvalue weighted by Crippen LogP contribution is -2.08. The number of hydrogen-bond acceptors (Lipinski definition) is 3. The van der Waals surface area contributed by atoms with Gasteiger partial charge in [0.2, 0.25) is 5.82 Å². The van der Waals surface area contributed by atoms with E-state index in [0.717, 1.165) is 29.4 Å². The summed E-state index contributed by atoms with van der Waals surface area (Å²) in [6.45, 7) is 0.373. The van der Waals surface area contributed by atoms with Crippen LogP contribution in [0.2, 0.25) is 0 Å². The van der Waals surface area contributed by atoms with Crippen molar-refractivity contribution in [2.45, 2.75) is 25.4 Å². The van der Waals surface area contributed by atoms with Crippen LogP contribution in [0.5, 0.6) is 0 Å². The molecule has 1 aromatic heterocycles. The van der Waals surface area contributed by atoms with Gasteiger partial charge >= 0.3 is 5.97 Å². The molecule has 0 spiro atoms. The van der Waals surface area contributed by atoms with Crippen LogP contribution in [-0.2, 0) is 6.54 Å². The van der Waals surface area contributed by atoms with Crippen molar-refractivity contribution < 1.29 is 9.90 Å². The molecule has 0 unspecified atom stereocenters. The van der Waals surface area contributed by atoms with Crippen molar-refractivity contribution in [1.29, 1.82) is 0 Å². The second-order valence-electron chi connectivity index (χ2n) is 4.33. The number of rotatable bonds is 3. The van der Waals surface area contributed by atoms with E-state index in [9.17, 15) is 9.90 Å². The van der Waals surface area contributed by atoms with Crippen molar-refractivity contribution in [3.8, 4) is 0 Å². The SMILES string of the molecule is NCc1cccc2c1nc(C(=O)O)n2C1CC1. The van der Waals surface area contributed by atoms with Crippen LogP contribution in [0.4, 0.5) is 0 Å². The number of fused-ring (bicyclic) bond motifs is 1. The number of imidazole rings is 1. The summed E-state index contributed by atoms with van der Waals surface area (Å²) < 4.78 is 1.83. The van der Waals surface area contributed by atoms with Gasteiger partial charge in [-0.2, -0.15) is 0 Å². The standard InChI is InChI=1S/C12H13N3O2/c13-6-7-2-1-3-9-10(7)14-11(12(16)17)15(9)8-4-5-8/h1-3,8H,4-6,13H2,(H,16,17). The first-order valence-electron chi connectivity index (χ1n) is 5.65. The molecule has 0 radical (unpaired) electrons. The molecule has 1 aliphatic rings. The Bertz CT molecular complexity index is 599. The summed E-state index contributed by atoms with van der Waals surface area (Å²) >= 11 is 0. The van der Waals surface area contributed by atoms with E-state index >= 15 is 0 Å². The Hall–Kier alpha value is -1.88. The highest BCUT2D eigenvalue weighted by Crippen LogP contribution is 2.39. The number of carboxylic acid groups (broad SMARTS) is 1. The maximum absolute atomic E-state index is 11.2. The monoisotopic (exact) mass is 231 g/mol.